The Kier molecular flexibility index (Phi) is 4.23. The van der Waals surface area contributed by atoms with Gasteiger partial charge in [0.1, 0.15) is 11.0 Å². The smallest absolute Gasteiger partial charge is 0.241 e. The molecule has 1 heterocycles. The molecule has 0 aliphatic carbocycles. The first-order chi connectivity index (χ1) is 7.00. The fraction of sp³-hybridized carbons (Fsp3) is 0.600. The van der Waals surface area contributed by atoms with Crippen LogP contribution in [0.15, 0.2) is 5.38 Å². The zero-order chi connectivity index (χ0) is 11.4. The number of nitrogens with one attached hydrogen (secondary N) is 1. The summed E-state index contributed by atoms with van der Waals surface area (Å²) in [5.41, 5.74) is 6.25. The van der Waals surface area contributed by atoms with Gasteiger partial charge in [-0.3, -0.25) is 10.1 Å². The third-order valence-corrected chi connectivity index (χ3v) is 2.93. The van der Waals surface area contributed by atoms with Gasteiger partial charge >= 0.3 is 0 Å². The van der Waals surface area contributed by atoms with Crippen molar-refractivity contribution in [1.29, 1.82) is 0 Å². The number of nitrogens with two attached hydrogens (primary N) is 1. The molecule has 0 radical (unpaired) electrons. The Hall–Kier alpha value is -0.940. The Morgan fingerprint density at radius 2 is 2.33 bits per heavy atom. The average Bonchev–Trinajstić information content (AvgIpc) is 2.51. The summed E-state index contributed by atoms with van der Waals surface area (Å²) < 4.78 is 0. The number of primary amides is 1. The van der Waals surface area contributed by atoms with Crippen LogP contribution in [0.1, 0.15) is 30.6 Å². The number of hydrogen-bond donors (Lipinski definition) is 2. The molecule has 5 heteroatoms. The van der Waals surface area contributed by atoms with Gasteiger partial charge in [0.15, 0.2) is 0 Å². The van der Waals surface area contributed by atoms with Crippen molar-refractivity contribution in [3.8, 4) is 0 Å². The van der Waals surface area contributed by atoms with E-state index < -0.39 is 6.04 Å². The average molecular weight is 227 g/mol. The van der Waals surface area contributed by atoms with Crippen LogP contribution in [-0.2, 0) is 4.79 Å². The van der Waals surface area contributed by atoms with Crippen molar-refractivity contribution in [1.82, 2.24) is 10.3 Å². The van der Waals surface area contributed by atoms with E-state index in [1.165, 1.54) is 11.3 Å². The van der Waals surface area contributed by atoms with Crippen LogP contribution in [0.25, 0.3) is 0 Å². The van der Waals surface area contributed by atoms with Gasteiger partial charge in [0.2, 0.25) is 5.91 Å². The largest absolute Gasteiger partial charge is 0.368 e. The molecular weight excluding hydrogens is 210 g/mol. The third-order valence-electron chi connectivity index (χ3n) is 1.90. The summed E-state index contributed by atoms with van der Waals surface area (Å²) in [6, 6.07) is -0.453. The maximum Gasteiger partial charge on any atom is 0.241 e. The number of rotatable bonds is 5. The predicted octanol–water partition coefficient (Wildman–Crippen LogP) is 1.22. The summed E-state index contributed by atoms with van der Waals surface area (Å²) in [5.74, 6) is 0.109. The van der Waals surface area contributed by atoms with Crippen molar-refractivity contribution in [2.24, 2.45) is 11.7 Å². The van der Waals surface area contributed by atoms with Crippen LogP contribution in [0.2, 0.25) is 0 Å². The normalized spacial score (nSPS) is 13.1. The molecule has 3 N–H and O–H groups in total. The highest BCUT2D eigenvalue weighted by atomic mass is 32.1. The highest BCUT2D eigenvalue weighted by Crippen LogP contribution is 2.17. The van der Waals surface area contributed by atoms with E-state index in [9.17, 15) is 4.79 Å². The molecule has 0 saturated heterocycles. The second kappa shape index (κ2) is 5.23. The predicted molar refractivity (Wildman–Crippen MR) is 61.6 cm³/mol. The molecule has 0 saturated carbocycles. The number of nitrogens with zero attached hydrogens (tertiary/aromatic N) is 1. The van der Waals surface area contributed by atoms with Gasteiger partial charge in [-0.05, 0) is 19.4 Å². The lowest BCUT2D eigenvalue weighted by atomic mass is 10.2. The van der Waals surface area contributed by atoms with Crippen LogP contribution in [0.4, 0.5) is 0 Å². The molecule has 1 aromatic rings. The topological polar surface area (TPSA) is 68.0 Å². The maximum atomic E-state index is 11.2. The van der Waals surface area contributed by atoms with Gasteiger partial charge in [-0.25, -0.2) is 4.98 Å². The van der Waals surface area contributed by atoms with Crippen molar-refractivity contribution in [3.05, 3.63) is 16.1 Å². The molecule has 4 nitrogen and oxygen atoms in total. The molecule has 0 aromatic carbocycles. The Balaban J connectivity index is 2.70. The van der Waals surface area contributed by atoms with Gasteiger partial charge in [-0.2, -0.15) is 0 Å². The minimum absolute atomic E-state index is 0.370. The van der Waals surface area contributed by atoms with Gasteiger partial charge in [0.05, 0.1) is 0 Å². The van der Waals surface area contributed by atoms with Crippen LogP contribution in [-0.4, -0.2) is 17.4 Å². The lowest BCUT2D eigenvalue weighted by Gasteiger charge is -2.14. The number of aryl methyl sites for hydroxylation is 1. The van der Waals surface area contributed by atoms with Crippen molar-refractivity contribution in [2.45, 2.75) is 26.8 Å². The number of carbonyl (C=O) groups excluding carboxylic acids is 1. The van der Waals surface area contributed by atoms with Crippen molar-refractivity contribution in [2.75, 3.05) is 6.54 Å². The zero-order valence-corrected chi connectivity index (χ0v) is 10.1. The summed E-state index contributed by atoms with van der Waals surface area (Å²) >= 11 is 1.46. The van der Waals surface area contributed by atoms with Crippen LogP contribution in [0.3, 0.4) is 0 Å². The molecule has 0 aliphatic rings. The number of aromatic nitrogens is 1. The van der Waals surface area contributed by atoms with E-state index in [2.05, 4.69) is 24.1 Å². The summed E-state index contributed by atoms with van der Waals surface area (Å²) in [4.78, 5) is 15.5. The van der Waals surface area contributed by atoms with Crippen molar-refractivity contribution in [3.63, 3.8) is 0 Å². The van der Waals surface area contributed by atoms with E-state index in [1.54, 1.807) is 0 Å². The molecule has 1 amide bonds. The first-order valence-corrected chi connectivity index (χ1v) is 5.83. The second-order valence-electron chi connectivity index (χ2n) is 3.96. The van der Waals surface area contributed by atoms with Crippen LogP contribution in [0, 0.1) is 12.8 Å². The fourth-order valence-electron chi connectivity index (χ4n) is 1.17. The standard InChI is InChI=1S/C10H17N3OS/c1-6(2)4-12-8(9(11)14)10-13-7(3)5-15-10/h5-6,8,12H,4H2,1-3H3,(H2,11,14). The van der Waals surface area contributed by atoms with Gasteiger partial charge < -0.3 is 5.73 Å². The van der Waals surface area contributed by atoms with Gasteiger partial charge in [0, 0.05) is 11.1 Å². The van der Waals surface area contributed by atoms with Crippen molar-refractivity contribution >= 4 is 17.2 Å². The quantitative estimate of drug-likeness (QED) is 0.795. The first-order valence-electron chi connectivity index (χ1n) is 4.95. The van der Waals surface area contributed by atoms with E-state index in [0.29, 0.717) is 5.92 Å². The van der Waals surface area contributed by atoms with E-state index in [0.717, 1.165) is 17.2 Å². The molecule has 1 atom stereocenters. The Bertz CT molecular complexity index is 335. The molecule has 0 spiro atoms. The number of carbonyl (C=O) groups is 1. The molecule has 0 fully saturated rings. The lowest BCUT2D eigenvalue weighted by molar-refractivity contribution is -0.120. The van der Waals surface area contributed by atoms with Crippen LogP contribution >= 0.6 is 11.3 Å². The minimum atomic E-state index is -0.453. The van der Waals surface area contributed by atoms with Gasteiger partial charge in [-0.1, -0.05) is 13.8 Å². The van der Waals surface area contributed by atoms with Crippen molar-refractivity contribution < 1.29 is 4.79 Å². The second-order valence-corrected chi connectivity index (χ2v) is 4.85. The van der Waals surface area contributed by atoms with E-state index in [1.807, 2.05) is 12.3 Å². The monoisotopic (exact) mass is 227 g/mol. The summed E-state index contributed by atoms with van der Waals surface area (Å²) in [6.07, 6.45) is 0. The number of thiazole rings is 1. The molecule has 1 rings (SSSR count). The molecular formula is C10H17N3OS. The minimum Gasteiger partial charge on any atom is -0.368 e. The van der Waals surface area contributed by atoms with E-state index in [4.69, 9.17) is 5.73 Å². The molecule has 1 unspecified atom stereocenters. The third kappa shape index (κ3) is 3.60. The highest BCUT2D eigenvalue weighted by molar-refractivity contribution is 7.09. The van der Waals surface area contributed by atoms with Crippen LogP contribution in [0.5, 0.6) is 0 Å². The Morgan fingerprint density at radius 1 is 1.67 bits per heavy atom. The highest BCUT2D eigenvalue weighted by Gasteiger charge is 2.20. The summed E-state index contributed by atoms with van der Waals surface area (Å²) in [6.45, 7) is 6.82. The maximum absolute atomic E-state index is 11.2. The van der Waals surface area contributed by atoms with Crippen LogP contribution < -0.4 is 11.1 Å². The molecule has 84 valence electrons. The summed E-state index contributed by atoms with van der Waals surface area (Å²) in [7, 11) is 0. The number of amides is 1. The first kappa shape index (κ1) is 12.1. The Morgan fingerprint density at radius 3 is 2.73 bits per heavy atom. The van der Waals surface area contributed by atoms with E-state index >= 15 is 0 Å². The molecule has 0 aliphatic heterocycles. The molecule has 1 aromatic heterocycles. The Labute approximate surface area is 93.9 Å². The zero-order valence-electron chi connectivity index (χ0n) is 9.28. The fourth-order valence-corrected chi connectivity index (χ4v) is 2.04. The SMILES string of the molecule is Cc1csc(C(NCC(C)C)C(N)=O)n1. The van der Waals surface area contributed by atoms with E-state index in [-0.39, 0.29) is 5.91 Å². The summed E-state index contributed by atoms with van der Waals surface area (Å²) in [5, 5.41) is 5.79. The molecule has 15 heavy (non-hydrogen) atoms. The number of hydrogen-bond acceptors (Lipinski definition) is 4. The molecule has 0 bridgehead atoms. The van der Waals surface area contributed by atoms with Gasteiger partial charge in [-0.15, -0.1) is 11.3 Å². The van der Waals surface area contributed by atoms with Gasteiger partial charge in [0.25, 0.3) is 0 Å². The lowest BCUT2D eigenvalue weighted by Crippen LogP contribution is -2.35.